The van der Waals surface area contributed by atoms with E-state index in [4.69, 9.17) is 0 Å². The van der Waals surface area contributed by atoms with Crippen molar-refractivity contribution in [2.24, 2.45) is 5.92 Å². The number of benzene rings is 2. The van der Waals surface area contributed by atoms with Gasteiger partial charge in [0.05, 0.1) is 7.11 Å². The number of esters is 1. The highest BCUT2D eigenvalue weighted by atomic mass is 16.5. The Morgan fingerprint density at radius 1 is 0.960 bits per heavy atom. The quantitative estimate of drug-likeness (QED) is 0.489. The monoisotopic (exact) mass is 336 g/mol. The SMILES string of the molecule is COC(=O)C(=O)[C@H]1C(=O)c2ccccc2[C@H](C)[C@H]1c1ccccc1C. The Bertz CT molecular complexity index is 852. The molecule has 0 spiro atoms. The number of hydrogen-bond donors (Lipinski definition) is 0. The summed E-state index contributed by atoms with van der Waals surface area (Å²) in [6, 6.07) is 15.0. The molecule has 4 nitrogen and oxygen atoms in total. The summed E-state index contributed by atoms with van der Waals surface area (Å²) >= 11 is 0. The number of aryl methyl sites for hydroxylation is 1. The zero-order valence-electron chi connectivity index (χ0n) is 14.5. The van der Waals surface area contributed by atoms with E-state index in [0.29, 0.717) is 5.56 Å². The summed E-state index contributed by atoms with van der Waals surface area (Å²) in [6.45, 7) is 3.95. The van der Waals surface area contributed by atoms with Crippen LogP contribution in [0.3, 0.4) is 0 Å². The van der Waals surface area contributed by atoms with E-state index in [9.17, 15) is 14.4 Å². The van der Waals surface area contributed by atoms with Gasteiger partial charge in [-0.2, -0.15) is 0 Å². The first-order valence-corrected chi connectivity index (χ1v) is 8.28. The maximum absolute atomic E-state index is 13.1. The Hall–Kier alpha value is -2.75. The van der Waals surface area contributed by atoms with Crippen molar-refractivity contribution in [3.8, 4) is 0 Å². The third-order valence-electron chi connectivity index (χ3n) is 5.11. The first-order chi connectivity index (χ1) is 12.0. The van der Waals surface area contributed by atoms with Crippen LogP contribution >= 0.6 is 0 Å². The molecule has 2 aromatic rings. The van der Waals surface area contributed by atoms with Crippen molar-refractivity contribution in [2.45, 2.75) is 25.7 Å². The molecule has 0 N–H and O–H groups in total. The summed E-state index contributed by atoms with van der Waals surface area (Å²) in [4.78, 5) is 37.7. The molecule has 0 amide bonds. The molecule has 1 aliphatic rings. The number of methoxy groups -OCH3 is 1. The number of carbonyl (C=O) groups is 3. The van der Waals surface area contributed by atoms with Crippen LogP contribution in [0.4, 0.5) is 0 Å². The highest BCUT2D eigenvalue weighted by molar-refractivity contribution is 6.40. The molecule has 0 heterocycles. The minimum absolute atomic E-state index is 0.0754. The predicted octanol–water partition coefficient (Wildman–Crippen LogP) is 3.44. The molecule has 2 aromatic carbocycles. The fraction of sp³-hybridized carbons (Fsp3) is 0.286. The summed E-state index contributed by atoms with van der Waals surface area (Å²) in [6.07, 6.45) is 0. The van der Waals surface area contributed by atoms with E-state index in [1.807, 2.05) is 50.2 Å². The Labute approximate surface area is 146 Å². The highest BCUT2D eigenvalue weighted by Gasteiger charge is 2.47. The van der Waals surface area contributed by atoms with Gasteiger partial charge in [0.25, 0.3) is 5.78 Å². The second kappa shape index (κ2) is 6.63. The summed E-state index contributed by atoms with van der Waals surface area (Å²) < 4.78 is 4.61. The lowest BCUT2D eigenvalue weighted by Gasteiger charge is -2.36. The van der Waals surface area contributed by atoms with Gasteiger partial charge in [-0.3, -0.25) is 9.59 Å². The second-order valence-electron chi connectivity index (χ2n) is 6.46. The fourth-order valence-electron chi connectivity index (χ4n) is 3.85. The lowest BCUT2D eigenvalue weighted by Crippen LogP contribution is -2.41. The zero-order chi connectivity index (χ0) is 18.1. The molecule has 4 heteroatoms. The number of carbonyl (C=O) groups excluding carboxylic acids is 3. The standard InChI is InChI=1S/C21H20O4/c1-12-8-4-5-9-14(12)17-13(2)15-10-6-7-11-16(15)19(22)18(17)20(23)21(24)25-3/h4-11,13,17-18H,1-3H3/t13-,17-,18+/m0/s1. The van der Waals surface area contributed by atoms with E-state index in [1.54, 1.807) is 12.1 Å². The highest BCUT2D eigenvalue weighted by Crippen LogP contribution is 2.46. The van der Waals surface area contributed by atoms with Gasteiger partial charge in [-0.05, 0) is 29.5 Å². The third kappa shape index (κ3) is 2.78. The van der Waals surface area contributed by atoms with Gasteiger partial charge in [-0.15, -0.1) is 0 Å². The van der Waals surface area contributed by atoms with Crippen molar-refractivity contribution in [1.82, 2.24) is 0 Å². The van der Waals surface area contributed by atoms with Crippen LogP contribution in [0, 0.1) is 12.8 Å². The van der Waals surface area contributed by atoms with Gasteiger partial charge >= 0.3 is 5.97 Å². The molecule has 1 aliphatic carbocycles. The van der Waals surface area contributed by atoms with Crippen molar-refractivity contribution >= 4 is 17.5 Å². The molecular weight excluding hydrogens is 316 g/mol. The van der Waals surface area contributed by atoms with Crippen molar-refractivity contribution in [3.05, 3.63) is 70.8 Å². The van der Waals surface area contributed by atoms with Crippen molar-refractivity contribution in [3.63, 3.8) is 0 Å². The van der Waals surface area contributed by atoms with Crippen molar-refractivity contribution in [1.29, 1.82) is 0 Å². The molecule has 128 valence electrons. The van der Waals surface area contributed by atoms with Gasteiger partial charge in [0.15, 0.2) is 5.78 Å². The zero-order valence-corrected chi connectivity index (χ0v) is 14.5. The van der Waals surface area contributed by atoms with Crippen LogP contribution in [0.2, 0.25) is 0 Å². The fourth-order valence-corrected chi connectivity index (χ4v) is 3.85. The summed E-state index contributed by atoms with van der Waals surface area (Å²) in [5, 5.41) is 0. The van der Waals surface area contributed by atoms with E-state index < -0.39 is 23.6 Å². The van der Waals surface area contributed by atoms with Gasteiger partial charge in [0.1, 0.15) is 5.92 Å². The Morgan fingerprint density at radius 2 is 1.56 bits per heavy atom. The molecular formula is C21H20O4. The molecule has 0 aliphatic heterocycles. The minimum atomic E-state index is -1.06. The maximum Gasteiger partial charge on any atom is 0.375 e. The largest absolute Gasteiger partial charge is 0.463 e. The molecule has 3 rings (SSSR count). The summed E-state index contributed by atoms with van der Waals surface area (Å²) in [5.41, 5.74) is 3.34. The van der Waals surface area contributed by atoms with E-state index in [0.717, 1.165) is 23.8 Å². The molecule has 0 radical (unpaired) electrons. The van der Waals surface area contributed by atoms with Crippen molar-refractivity contribution in [2.75, 3.05) is 7.11 Å². The van der Waals surface area contributed by atoms with Crippen LogP contribution in [0.1, 0.15) is 45.8 Å². The molecule has 3 atom stereocenters. The normalized spacial score (nSPS) is 22.2. The van der Waals surface area contributed by atoms with Crippen LogP contribution in [-0.4, -0.2) is 24.6 Å². The molecule has 0 fully saturated rings. The number of ketones is 2. The summed E-state index contributed by atoms with van der Waals surface area (Å²) in [7, 11) is 1.16. The topological polar surface area (TPSA) is 60.4 Å². The van der Waals surface area contributed by atoms with Crippen LogP contribution in [0.25, 0.3) is 0 Å². The first kappa shape index (κ1) is 17.1. The number of Topliss-reactive ketones (excluding diaryl/α,β-unsaturated/α-hetero) is 2. The number of rotatable bonds is 3. The lowest BCUT2D eigenvalue weighted by atomic mass is 9.64. The van der Waals surface area contributed by atoms with E-state index in [-0.39, 0.29) is 11.7 Å². The summed E-state index contributed by atoms with van der Waals surface area (Å²) in [5.74, 6) is -3.58. The Kier molecular flexibility index (Phi) is 4.53. The molecule has 0 saturated heterocycles. The number of ether oxygens (including phenoxy) is 1. The second-order valence-corrected chi connectivity index (χ2v) is 6.46. The molecule has 0 aromatic heterocycles. The Morgan fingerprint density at radius 3 is 2.20 bits per heavy atom. The van der Waals surface area contributed by atoms with Crippen LogP contribution in [0.15, 0.2) is 48.5 Å². The smallest absolute Gasteiger partial charge is 0.375 e. The Balaban J connectivity index is 2.21. The maximum atomic E-state index is 13.1. The van der Waals surface area contributed by atoms with Crippen LogP contribution in [-0.2, 0) is 14.3 Å². The van der Waals surface area contributed by atoms with Gasteiger partial charge in [-0.1, -0.05) is 55.5 Å². The molecule has 0 bridgehead atoms. The van der Waals surface area contributed by atoms with Gasteiger partial charge in [-0.25, -0.2) is 4.79 Å². The average Bonchev–Trinajstić information content (AvgIpc) is 2.64. The molecule has 25 heavy (non-hydrogen) atoms. The van der Waals surface area contributed by atoms with E-state index >= 15 is 0 Å². The molecule has 0 saturated carbocycles. The van der Waals surface area contributed by atoms with E-state index in [1.165, 1.54) is 0 Å². The first-order valence-electron chi connectivity index (χ1n) is 8.28. The number of hydrogen-bond acceptors (Lipinski definition) is 4. The average molecular weight is 336 g/mol. The van der Waals surface area contributed by atoms with Gasteiger partial charge in [0.2, 0.25) is 0 Å². The predicted molar refractivity (Wildman–Crippen MR) is 93.6 cm³/mol. The molecule has 0 unspecified atom stereocenters. The van der Waals surface area contributed by atoms with Gasteiger partial charge < -0.3 is 4.74 Å². The minimum Gasteiger partial charge on any atom is -0.463 e. The lowest BCUT2D eigenvalue weighted by molar-refractivity contribution is -0.153. The van der Waals surface area contributed by atoms with Crippen LogP contribution < -0.4 is 0 Å². The number of fused-ring (bicyclic) bond motifs is 1. The van der Waals surface area contributed by atoms with E-state index in [2.05, 4.69) is 4.74 Å². The van der Waals surface area contributed by atoms with Crippen LogP contribution in [0.5, 0.6) is 0 Å². The van der Waals surface area contributed by atoms with Crippen molar-refractivity contribution < 1.29 is 19.1 Å². The van der Waals surface area contributed by atoms with Gasteiger partial charge in [0, 0.05) is 11.5 Å². The third-order valence-corrected chi connectivity index (χ3v) is 5.11.